The van der Waals surface area contributed by atoms with E-state index in [0.29, 0.717) is 0 Å². The molecule has 0 aromatic heterocycles. The molecule has 1 unspecified atom stereocenters. The van der Waals surface area contributed by atoms with Crippen LogP contribution in [-0.4, -0.2) is 35.9 Å². The number of carboxylic acid groups (broad SMARTS) is 1. The van der Waals surface area contributed by atoms with Gasteiger partial charge in [-0.25, -0.2) is 8.42 Å². The average molecular weight is 313 g/mol. The van der Waals surface area contributed by atoms with E-state index in [1.54, 1.807) is 30.3 Å². The smallest absolute Gasteiger partial charge is 0.307 e. The molecule has 3 N–H and O–H groups in total. The van der Waals surface area contributed by atoms with E-state index in [4.69, 9.17) is 5.73 Å². The van der Waals surface area contributed by atoms with Gasteiger partial charge < -0.3 is 10.8 Å². The standard InChI is InChI=1S/C14H19NO5S/c1-14(2,13(15)18)21(19,20)9-11(12(16)17)8-10-6-4-3-5-7-10/h3-7,11H,8-9H2,1-2H3,(H2,15,18)(H,16,17). The number of nitrogens with two attached hydrogens (primary N) is 1. The highest BCUT2D eigenvalue weighted by Gasteiger charge is 2.42. The highest BCUT2D eigenvalue weighted by Crippen LogP contribution is 2.21. The number of carbonyl (C=O) groups is 2. The number of benzene rings is 1. The first-order valence-corrected chi connectivity index (χ1v) is 8.02. The molecule has 0 aliphatic heterocycles. The summed E-state index contributed by atoms with van der Waals surface area (Å²) in [4.78, 5) is 22.6. The summed E-state index contributed by atoms with van der Waals surface area (Å²) in [7, 11) is -3.98. The Morgan fingerprint density at radius 1 is 1.24 bits per heavy atom. The molecule has 0 saturated heterocycles. The maximum absolute atomic E-state index is 12.2. The Morgan fingerprint density at radius 3 is 2.19 bits per heavy atom. The summed E-state index contributed by atoms with van der Waals surface area (Å²) in [5.74, 6) is -3.97. The summed E-state index contributed by atoms with van der Waals surface area (Å²) in [5.41, 5.74) is 5.81. The maximum Gasteiger partial charge on any atom is 0.307 e. The van der Waals surface area contributed by atoms with Gasteiger partial charge in [0, 0.05) is 0 Å². The third-order valence-corrected chi connectivity index (χ3v) is 6.06. The van der Waals surface area contributed by atoms with Gasteiger partial charge in [0.15, 0.2) is 9.84 Å². The Kier molecular flexibility index (Phi) is 5.11. The Labute approximate surface area is 123 Å². The SMILES string of the molecule is CC(C)(C(N)=O)S(=O)(=O)CC(Cc1ccccc1)C(=O)O. The minimum absolute atomic E-state index is 0.0737. The number of sulfone groups is 1. The molecule has 0 saturated carbocycles. The van der Waals surface area contributed by atoms with Crippen LogP contribution in [0.4, 0.5) is 0 Å². The molecular formula is C14H19NO5S. The average Bonchev–Trinajstić information content (AvgIpc) is 2.38. The fourth-order valence-corrected chi connectivity index (χ4v) is 3.26. The lowest BCUT2D eigenvalue weighted by molar-refractivity contribution is -0.141. The van der Waals surface area contributed by atoms with Crippen molar-refractivity contribution in [1.82, 2.24) is 0 Å². The van der Waals surface area contributed by atoms with Crippen molar-refractivity contribution in [2.45, 2.75) is 25.0 Å². The molecule has 0 heterocycles. The predicted octanol–water partition coefficient (Wildman–Crippen LogP) is 0.609. The van der Waals surface area contributed by atoms with E-state index in [1.807, 2.05) is 0 Å². The number of rotatable bonds is 7. The first-order valence-electron chi connectivity index (χ1n) is 6.37. The fraction of sp³-hybridized carbons (Fsp3) is 0.429. The third-order valence-electron chi connectivity index (χ3n) is 3.47. The van der Waals surface area contributed by atoms with Crippen molar-refractivity contribution in [2.24, 2.45) is 11.7 Å². The lowest BCUT2D eigenvalue weighted by Crippen LogP contribution is -2.48. The molecule has 1 aromatic rings. The van der Waals surface area contributed by atoms with Crippen LogP contribution in [0, 0.1) is 5.92 Å². The van der Waals surface area contributed by atoms with Gasteiger partial charge >= 0.3 is 5.97 Å². The van der Waals surface area contributed by atoms with Crippen LogP contribution in [0.3, 0.4) is 0 Å². The van der Waals surface area contributed by atoms with Crippen LogP contribution >= 0.6 is 0 Å². The number of amides is 1. The molecule has 1 atom stereocenters. The minimum Gasteiger partial charge on any atom is -0.481 e. The van der Waals surface area contributed by atoms with Crippen molar-refractivity contribution in [3.05, 3.63) is 35.9 Å². The van der Waals surface area contributed by atoms with Gasteiger partial charge in [-0.3, -0.25) is 9.59 Å². The molecule has 7 heteroatoms. The van der Waals surface area contributed by atoms with Gasteiger partial charge in [0.2, 0.25) is 5.91 Å². The van der Waals surface area contributed by atoms with Crippen molar-refractivity contribution < 1.29 is 23.1 Å². The van der Waals surface area contributed by atoms with Gasteiger partial charge in [0.05, 0.1) is 11.7 Å². The fourth-order valence-electron chi connectivity index (χ4n) is 1.74. The monoisotopic (exact) mass is 313 g/mol. The molecule has 0 bridgehead atoms. The van der Waals surface area contributed by atoms with Crippen molar-refractivity contribution in [3.8, 4) is 0 Å². The second-order valence-electron chi connectivity index (χ2n) is 5.38. The zero-order valence-electron chi connectivity index (χ0n) is 11.9. The van der Waals surface area contributed by atoms with Gasteiger partial charge in [-0.15, -0.1) is 0 Å². The van der Waals surface area contributed by atoms with Gasteiger partial charge in [0.25, 0.3) is 0 Å². The number of primary amides is 1. The summed E-state index contributed by atoms with van der Waals surface area (Å²) < 4.78 is 22.7. The molecule has 1 rings (SSSR count). The minimum atomic E-state index is -3.98. The van der Waals surface area contributed by atoms with Crippen LogP contribution in [0.15, 0.2) is 30.3 Å². The van der Waals surface area contributed by atoms with E-state index in [-0.39, 0.29) is 6.42 Å². The molecule has 0 fully saturated rings. The zero-order chi connectivity index (χ0) is 16.3. The lowest BCUT2D eigenvalue weighted by Gasteiger charge is -2.23. The second-order valence-corrected chi connectivity index (χ2v) is 7.96. The number of carboxylic acids is 1. The highest BCUT2D eigenvalue weighted by molar-refractivity contribution is 7.93. The van der Waals surface area contributed by atoms with Gasteiger partial charge in [0.1, 0.15) is 4.75 Å². The second kappa shape index (κ2) is 6.26. The molecule has 116 valence electrons. The summed E-state index contributed by atoms with van der Waals surface area (Å²) in [6, 6.07) is 8.72. The van der Waals surface area contributed by atoms with Crippen LogP contribution in [-0.2, 0) is 25.8 Å². The third kappa shape index (κ3) is 4.04. The van der Waals surface area contributed by atoms with E-state index in [1.165, 1.54) is 13.8 Å². The topological polar surface area (TPSA) is 115 Å². The first kappa shape index (κ1) is 17.2. The van der Waals surface area contributed by atoms with Crippen molar-refractivity contribution in [3.63, 3.8) is 0 Å². The normalized spacial score (nSPS) is 13.6. The lowest BCUT2D eigenvalue weighted by atomic mass is 10.0. The van der Waals surface area contributed by atoms with Crippen LogP contribution in [0.25, 0.3) is 0 Å². The number of hydrogen-bond acceptors (Lipinski definition) is 4. The number of carbonyl (C=O) groups excluding carboxylic acids is 1. The van der Waals surface area contributed by atoms with E-state index < -0.39 is 38.1 Å². The molecule has 0 aliphatic rings. The van der Waals surface area contributed by atoms with Crippen molar-refractivity contribution >= 4 is 21.7 Å². The van der Waals surface area contributed by atoms with Crippen LogP contribution in [0.1, 0.15) is 19.4 Å². The van der Waals surface area contributed by atoms with E-state index in [2.05, 4.69) is 0 Å². The van der Waals surface area contributed by atoms with E-state index in [0.717, 1.165) is 5.56 Å². The van der Waals surface area contributed by atoms with Gasteiger partial charge in [-0.1, -0.05) is 30.3 Å². The van der Waals surface area contributed by atoms with Crippen LogP contribution in [0.2, 0.25) is 0 Å². The molecule has 6 nitrogen and oxygen atoms in total. The molecule has 0 radical (unpaired) electrons. The highest BCUT2D eigenvalue weighted by atomic mass is 32.2. The Morgan fingerprint density at radius 2 is 1.76 bits per heavy atom. The Bertz CT molecular complexity index is 622. The molecular weight excluding hydrogens is 294 g/mol. The predicted molar refractivity (Wildman–Crippen MR) is 78.3 cm³/mol. The number of hydrogen-bond donors (Lipinski definition) is 2. The Balaban J connectivity index is 2.99. The summed E-state index contributed by atoms with van der Waals surface area (Å²) >= 11 is 0. The largest absolute Gasteiger partial charge is 0.481 e. The molecule has 21 heavy (non-hydrogen) atoms. The summed E-state index contributed by atoms with van der Waals surface area (Å²) in [6.07, 6.45) is 0.0737. The van der Waals surface area contributed by atoms with Crippen molar-refractivity contribution in [2.75, 3.05) is 5.75 Å². The first-order chi connectivity index (χ1) is 9.58. The van der Waals surface area contributed by atoms with Crippen LogP contribution in [0.5, 0.6) is 0 Å². The van der Waals surface area contributed by atoms with Crippen molar-refractivity contribution in [1.29, 1.82) is 0 Å². The maximum atomic E-state index is 12.2. The van der Waals surface area contributed by atoms with Crippen LogP contribution < -0.4 is 5.73 Å². The zero-order valence-corrected chi connectivity index (χ0v) is 12.8. The Hall–Kier alpha value is -1.89. The van der Waals surface area contributed by atoms with E-state index in [9.17, 15) is 23.1 Å². The van der Waals surface area contributed by atoms with Gasteiger partial charge in [-0.05, 0) is 25.8 Å². The van der Waals surface area contributed by atoms with Gasteiger partial charge in [-0.2, -0.15) is 0 Å². The quantitative estimate of drug-likeness (QED) is 0.765. The molecule has 1 aromatic carbocycles. The van der Waals surface area contributed by atoms with E-state index >= 15 is 0 Å². The summed E-state index contributed by atoms with van der Waals surface area (Å²) in [5, 5.41) is 9.22. The molecule has 1 amide bonds. The molecule has 0 aliphatic carbocycles. The summed E-state index contributed by atoms with van der Waals surface area (Å²) in [6.45, 7) is 2.37. The number of aliphatic carboxylic acids is 1. The molecule has 0 spiro atoms.